The number of amides is 1. The molecule has 7 nitrogen and oxygen atoms in total. The average molecular weight is 327 g/mol. The summed E-state index contributed by atoms with van der Waals surface area (Å²) < 4.78 is 7.15. The van der Waals surface area contributed by atoms with Crippen molar-refractivity contribution in [3.63, 3.8) is 0 Å². The molecule has 0 aliphatic heterocycles. The van der Waals surface area contributed by atoms with E-state index in [1.807, 2.05) is 26.0 Å². The van der Waals surface area contributed by atoms with E-state index in [0.29, 0.717) is 23.0 Å². The molecule has 1 aromatic heterocycles. The molecular weight excluding hydrogens is 306 g/mol. The van der Waals surface area contributed by atoms with Crippen LogP contribution in [0.3, 0.4) is 0 Å². The van der Waals surface area contributed by atoms with Crippen LogP contribution in [-0.4, -0.2) is 27.8 Å². The second kappa shape index (κ2) is 7.54. The lowest BCUT2D eigenvalue weighted by molar-refractivity contribution is 0.101. The van der Waals surface area contributed by atoms with Gasteiger partial charge in [0.05, 0.1) is 5.69 Å². The Hall–Kier alpha value is -2.96. The quantitative estimate of drug-likeness (QED) is 0.532. The molecule has 0 bridgehead atoms. The second-order valence-electron chi connectivity index (χ2n) is 5.32. The van der Waals surface area contributed by atoms with Crippen LogP contribution in [0, 0.1) is 13.8 Å². The van der Waals surface area contributed by atoms with Crippen molar-refractivity contribution in [2.45, 2.75) is 27.7 Å². The van der Waals surface area contributed by atoms with Crippen molar-refractivity contribution in [2.75, 3.05) is 5.32 Å². The first-order valence-electron chi connectivity index (χ1n) is 7.53. The molecule has 1 aromatic carbocycles. The van der Waals surface area contributed by atoms with Gasteiger partial charge >= 0.3 is 0 Å². The number of nitrogens with one attached hydrogen (secondary N) is 1. The Kier molecular flexibility index (Phi) is 5.47. The van der Waals surface area contributed by atoms with Gasteiger partial charge < -0.3 is 10.1 Å². The molecule has 7 heteroatoms. The number of ether oxygens (including phenoxy) is 1. The van der Waals surface area contributed by atoms with E-state index in [1.54, 1.807) is 43.9 Å². The van der Waals surface area contributed by atoms with Gasteiger partial charge in [0.15, 0.2) is 0 Å². The van der Waals surface area contributed by atoms with E-state index in [-0.39, 0.29) is 5.91 Å². The molecule has 0 fully saturated rings. The number of carbonyl (C=O) groups excluding carboxylic acids is 1. The minimum atomic E-state index is -0.223. The van der Waals surface area contributed by atoms with Gasteiger partial charge in [0.1, 0.15) is 11.4 Å². The van der Waals surface area contributed by atoms with Crippen LogP contribution in [0.5, 0.6) is 5.75 Å². The van der Waals surface area contributed by atoms with Crippen molar-refractivity contribution < 1.29 is 9.53 Å². The van der Waals surface area contributed by atoms with E-state index in [0.717, 1.165) is 11.3 Å². The number of nitrogens with zero attached hydrogens (tertiary/aromatic N) is 4. The molecule has 1 heterocycles. The van der Waals surface area contributed by atoms with E-state index >= 15 is 0 Å². The number of rotatable bonds is 4. The third-order valence-electron chi connectivity index (χ3n) is 3.27. The Bertz CT molecular complexity index is 805. The number of benzene rings is 1. The van der Waals surface area contributed by atoms with Crippen molar-refractivity contribution in [3.8, 4) is 5.75 Å². The maximum atomic E-state index is 12.4. The van der Waals surface area contributed by atoms with Gasteiger partial charge in [-0.15, -0.1) is 5.10 Å². The molecular formula is C17H21N5O2. The van der Waals surface area contributed by atoms with Gasteiger partial charge in [-0.2, -0.15) is 10.2 Å². The minimum absolute atomic E-state index is 0.223. The molecule has 0 saturated carbocycles. The monoisotopic (exact) mass is 327 g/mol. The molecule has 0 unspecified atom stereocenters. The van der Waals surface area contributed by atoms with Crippen molar-refractivity contribution in [2.24, 2.45) is 17.3 Å². The lowest BCUT2D eigenvalue weighted by Crippen LogP contribution is -2.16. The highest BCUT2D eigenvalue weighted by Gasteiger charge is 2.13. The molecule has 126 valence electrons. The highest BCUT2D eigenvalue weighted by atomic mass is 16.5. The largest absolute Gasteiger partial charge is 0.442 e. The lowest BCUT2D eigenvalue weighted by Gasteiger charge is -2.11. The highest BCUT2D eigenvalue weighted by Crippen LogP contribution is 2.23. The number of aromatic nitrogens is 2. The Labute approximate surface area is 141 Å². The molecule has 0 aliphatic carbocycles. The van der Waals surface area contributed by atoms with Gasteiger partial charge in [0.25, 0.3) is 5.91 Å². The van der Waals surface area contributed by atoms with E-state index in [2.05, 4.69) is 20.6 Å². The van der Waals surface area contributed by atoms with Crippen LogP contribution in [0.4, 0.5) is 5.69 Å². The van der Waals surface area contributed by atoms with Crippen molar-refractivity contribution in [1.29, 1.82) is 0 Å². The molecule has 0 radical (unpaired) electrons. The standard InChI is InChI=1S/C17H21N5O2/c1-6-18-20-13(4)24-14-8-7-11(2)15(10-14)19-17(23)16-9-12(3)21-22(16)5/h6-10H,1-5H3,(H,19,23)/b18-6-,20-13-. The smallest absolute Gasteiger partial charge is 0.273 e. The SMILES string of the molecule is C/C=N\N=C(\C)Oc1ccc(C)c(NC(=O)c2cc(C)nn2C)c1. The molecule has 1 N–H and O–H groups in total. The average Bonchev–Trinajstić information content (AvgIpc) is 2.87. The zero-order valence-electron chi connectivity index (χ0n) is 14.5. The molecule has 1 amide bonds. The summed E-state index contributed by atoms with van der Waals surface area (Å²) in [5, 5.41) is 14.7. The van der Waals surface area contributed by atoms with Crippen LogP contribution in [0.15, 0.2) is 34.5 Å². The van der Waals surface area contributed by atoms with Crippen LogP contribution in [0.2, 0.25) is 0 Å². The molecule has 2 aromatic rings. The van der Waals surface area contributed by atoms with Gasteiger partial charge in [0, 0.05) is 31.9 Å². The summed E-state index contributed by atoms with van der Waals surface area (Å²) in [6.45, 7) is 7.24. The number of hydrogen-bond donors (Lipinski definition) is 1. The van der Waals surface area contributed by atoms with E-state index in [1.165, 1.54) is 0 Å². The second-order valence-corrected chi connectivity index (χ2v) is 5.32. The minimum Gasteiger partial charge on any atom is -0.442 e. The van der Waals surface area contributed by atoms with Gasteiger partial charge in [-0.05, 0) is 38.5 Å². The fourth-order valence-electron chi connectivity index (χ4n) is 2.14. The van der Waals surface area contributed by atoms with Crippen LogP contribution in [-0.2, 0) is 7.05 Å². The van der Waals surface area contributed by atoms with E-state index < -0.39 is 0 Å². The zero-order chi connectivity index (χ0) is 17.7. The van der Waals surface area contributed by atoms with Crippen LogP contribution >= 0.6 is 0 Å². The van der Waals surface area contributed by atoms with Crippen LogP contribution < -0.4 is 10.1 Å². The highest BCUT2D eigenvalue weighted by molar-refractivity contribution is 6.03. The zero-order valence-corrected chi connectivity index (χ0v) is 14.5. The molecule has 0 atom stereocenters. The van der Waals surface area contributed by atoms with Gasteiger partial charge in [-0.3, -0.25) is 9.48 Å². The number of hydrogen-bond acceptors (Lipinski definition) is 5. The van der Waals surface area contributed by atoms with Gasteiger partial charge in [-0.25, -0.2) is 0 Å². The Balaban J connectivity index is 2.19. The summed E-state index contributed by atoms with van der Waals surface area (Å²) in [5.41, 5.74) is 2.88. The van der Waals surface area contributed by atoms with E-state index in [4.69, 9.17) is 4.74 Å². The Morgan fingerprint density at radius 1 is 1.33 bits per heavy atom. The molecule has 0 aliphatic rings. The maximum Gasteiger partial charge on any atom is 0.273 e. The van der Waals surface area contributed by atoms with Crippen molar-refractivity contribution in [3.05, 3.63) is 41.2 Å². The summed E-state index contributed by atoms with van der Waals surface area (Å²) >= 11 is 0. The first kappa shape index (κ1) is 17.4. The lowest BCUT2D eigenvalue weighted by atomic mass is 10.2. The Morgan fingerprint density at radius 2 is 2.08 bits per heavy atom. The third kappa shape index (κ3) is 4.28. The molecule has 0 spiro atoms. The first-order valence-corrected chi connectivity index (χ1v) is 7.53. The normalized spacial score (nSPS) is 11.8. The maximum absolute atomic E-state index is 12.4. The van der Waals surface area contributed by atoms with Gasteiger partial charge in [-0.1, -0.05) is 6.07 Å². The summed E-state index contributed by atoms with van der Waals surface area (Å²) in [6.07, 6.45) is 1.57. The topological polar surface area (TPSA) is 80.9 Å². The predicted octanol–water partition coefficient (Wildman–Crippen LogP) is 3.09. The summed E-state index contributed by atoms with van der Waals surface area (Å²) in [6, 6.07) is 7.18. The number of aryl methyl sites for hydroxylation is 3. The van der Waals surface area contributed by atoms with Crippen LogP contribution in [0.1, 0.15) is 35.6 Å². The predicted molar refractivity (Wildman–Crippen MR) is 95.0 cm³/mol. The third-order valence-corrected chi connectivity index (χ3v) is 3.27. The summed E-state index contributed by atoms with van der Waals surface area (Å²) in [4.78, 5) is 12.4. The summed E-state index contributed by atoms with van der Waals surface area (Å²) in [7, 11) is 1.74. The fourth-order valence-corrected chi connectivity index (χ4v) is 2.14. The van der Waals surface area contributed by atoms with Crippen molar-refractivity contribution in [1.82, 2.24) is 9.78 Å². The van der Waals surface area contributed by atoms with Crippen LogP contribution in [0.25, 0.3) is 0 Å². The van der Waals surface area contributed by atoms with Crippen molar-refractivity contribution >= 4 is 23.7 Å². The van der Waals surface area contributed by atoms with E-state index in [9.17, 15) is 4.79 Å². The molecule has 24 heavy (non-hydrogen) atoms. The summed E-state index contributed by atoms with van der Waals surface area (Å²) in [5.74, 6) is 0.764. The molecule has 2 rings (SSSR count). The number of carbonyl (C=O) groups is 1. The fraction of sp³-hybridized carbons (Fsp3) is 0.294. The first-order chi connectivity index (χ1) is 11.4. The number of anilines is 1. The van der Waals surface area contributed by atoms with Gasteiger partial charge in [0.2, 0.25) is 5.90 Å². The molecule has 0 saturated heterocycles. The Morgan fingerprint density at radius 3 is 2.71 bits per heavy atom.